The maximum Gasteiger partial charge on any atom is 0.140 e. The highest BCUT2D eigenvalue weighted by molar-refractivity contribution is 4.83. The first-order valence-corrected chi connectivity index (χ1v) is 5.81. The Morgan fingerprint density at radius 1 is 1.53 bits per heavy atom. The van der Waals surface area contributed by atoms with E-state index >= 15 is 0 Å². The van der Waals surface area contributed by atoms with Crippen LogP contribution in [-0.4, -0.2) is 21.3 Å². The molecule has 1 fully saturated rings. The Kier molecular flexibility index (Phi) is 3.36. The molecule has 2 rings (SSSR count). The van der Waals surface area contributed by atoms with Crippen molar-refractivity contribution in [1.82, 2.24) is 20.1 Å². The van der Waals surface area contributed by atoms with E-state index in [0.717, 1.165) is 30.7 Å². The molecule has 0 spiro atoms. The molecule has 0 bridgehead atoms. The molecule has 1 aliphatic carbocycles. The third-order valence-electron chi connectivity index (χ3n) is 3.53. The Morgan fingerprint density at radius 3 is 3.00 bits per heavy atom. The summed E-state index contributed by atoms with van der Waals surface area (Å²) in [4.78, 5) is 4.19. The Labute approximate surface area is 91.1 Å². The van der Waals surface area contributed by atoms with Crippen molar-refractivity contribution in [3.05, 3.63) is 12.2 Å². The largest absolute Gasteiger partial charge is 0.310 e. The second-order valence-corrected chi connectivity index (χ2v) is 4.60. The highest BCUT2D eigenvalue weighted by atomic mass is 15.3. The van der Waals surface area contributed by atoms with Crippen LogP contribution in [0, 0.1) is 11.8 Å². The number of rotatable bonds is 4. The monoisotopic (exact) mass is 208 g/mol. The fraction of sp³-hybridized carbons (Fsp3) is 0.818. The summed E-state index contributed by atoms with van der Waals surface area (Å²) in [6, 6.07) is 0. The number of aromatic nitrogens is 3. The number of nitrogens with zero attached hydrogens (tertiary/aromatic N) is 3. The van der Waals surface area contributed by atoms with Crippen LogP contribution in [-0.2, 0) is 13.6 Å². The van der Waals surface area contributed by atoms with Crippen LogP contribution in [0.3, 0.4) is 0 Å². The third kappa shape index (κ3) is 2.56. The van der Waals surface area contributed by atoms with Crippen LogP contribution in [0.5, 0.6) is 0 Å². The van der Waals surface area contributed by atoms with E-state index < -0.39 is 0 Å². The predicted molar refractivity (Wildman–Crippen MR) is 59.2 cm³/mol. The zero-order valence-electron chi connectivity index (χ0n) is 9.61. The van der Waals surface area contributed by atoms with Gasteiger partial charge in [0.15, 0.2) is 0 Å². The first-order valence-electron chi connectivity index (χ1n) is 5.81. The molecular formula is C11H20N4. The van der Waals surface area contributed by atoms with Gasteiger partial charge in [0.1, 0.15) is 12.2 Å². The lowest BCUT2D eigenvalue weighted by molar-refractivity contribution is 0.388. The van der Waals surface area contributed by atoms with Crippen LogP contribution in [0.15, 0.2) is 6.33 Å². The van der Waals surface area contributed by atoms with Crippen molar-refractivity contribution in [1.29, 1.82) is 0 Å². The molecule has 0 aliphatic heterocycles. The lowest BCUT2D eigenvalue weighted by atomic mass is 9.98. The first kappa shape index (κ1) is 10.6. The third-order valence-corrected chi connectivity index (χ3v) is 3.53. The van der Waals surface area contributed by atoms with Gasteiger partial charge in [-0.1, -0.05) is 19.8 Å². The van der Waals surface area contributed by atoms with E-state index in [4.69, 9.17) is 0 Å². The molecule has 1 aromatic heterocycles. The molecule has 0 saturated heterocycles. The molecular weight excluding hydrogens is 188 g/mol. The van der Waals surface area contributed by atoms with Crippen molar-refractivity contribution in [2.24, 2.45) is 18.9 Å². The summed E-state index contributed by atoms with van der Waals surface area (Å²) in [6.45, 7) is 4.31. The number of hydrogen-bond donors (Lipinski definition) is 1. The predicted octanol–water partition coefficient (Wildman–Crippen LogP) is 1.34. The van der Waals surface area contributed by atoms with E-state index in [1.54, 1.807) is 6.33 Å². The lowest BCUT2D eigenvalue weighted by Gasteiger charge is -2.15. The Hall–Kier alpha value is -0.900. The van der Waals surface area contributed by atoms with Gasteiger partial charge in [-0.15, -0.1) is 0 Å². The Bertz CT molecular complexity index is 307. The molecule has 2 atom stereocenters. The summed E-state index contributed by atoms with van der Waals surface area (Å²) in [6.07, 6.45) is 5.79. The van der Waals surface area contributed by atoms with Crippen LogP contribution in [0.1, 0.15) is 32.0 Å². The van der Waals surface area contributed by atoms with Gasteiger partial charge in [0.05, 0.1) is 6.54 Å². The molecule has 1 aliphatic rings. The summed E-state index contributed by atoms with van der Waals surface area (Å²) in [5.74, 6) is 2.76. The molecule has 0 aromatic carbocycles. The van der Waals surface area contributed by atoms with E-state index in [-0.39, 0.29) is 0 Å². The van der Waals surface area contributed by atoms with Gasteiger partial charge in [-0.25, -0.2) is 4.98 Å². The average molecular weight is 208 g/mol. The molecule has 2 unspecified atom stereocenters. The molecule has 1 N–H and O–H groups in total. The zero-order chi connectivity index (χ0) is 10.7. The van der Waals surface area contributed by atoms with Gasteiger partial charge in [-0.2, -0.15) is 5.10 Å². The van der Waals surface area contributed by atoms with Crippen LogP contribution < -0.4 is 5.32 Å². The zero-order valence-corrected chi connectivity index (χ0v) is 9.61. The second kappa shape index (κ2) is 4.75. The van der Waals surface area contributed by atoms with Crippen LogP contribution in [0.2, 0.25) is 0 Å². The van der Waals surface area contributed by atoms with Gasteiger partial charge in [0.2, 0.25) is 0 Å². The molecule has 4 nitrogen and oxygen atoms in total. The maximum atomic E-state index is 4.19. The minimum atomic E-state index is 0.833. The van der Waals surface area contributed by atoms with E-state index in [1.165, 1.54) is 19.3 Å². The Morgan fingerprint density at radius 2 is 2.40 bits per heavy atom. The van der Waals surface area contributed by atoms with E-state index in [1.807, 2.05) is 11.7 Å². The SMILES string of the molecule is CC1CCCC1CNCc1ncnn1C. The molecule has 1 saturated carbocycles. The summed E-state index contributed by atoms with van der Waals surface area (Å²) in [5.41, 5.74) is 0. The van der Waals surface area contributed by atoms with Crippen molar-refractivity contribution in [2.75, 3.05) is 6.54 Å². The second-order valence-electron chi connectivity index (χ2n) is 4.60. The minimum absolute atomic E-state index is 0.833. The van der Waals surface area contributed by atoms with Gasteiger partial charge >= 0.3 is 0 Å². The van der Waals surface area contributed by atoms with Gasteiger partial charge in [0.25, 0.3) is 0 Å². The standard InChI is InChI=1S/C11H20N4/c1-9-4-3-5-10(9)6-12-7-11-13-8-14-15(11)2/h8-10,12H,3-7H2,1-2H3. The van der Waals surface area contributed by atoms with Crippen molar-refractivity contribution in [3.63, 3.8) is 0 Å². The normalized spacial score (nSPS) is 26.0. The Balaban J connectivity index is 1.73. The quantitative estimate of drug-likeness (QED) is 0.812. The molecule has 0 radical (unpaired) electrons. The van der Waals surface area contributed by atoms with Gasteiger partial charge in [-0.05, 0) is 24.8 Å². The number of nitrogens with one attached hydrogen (secondary N) is 1. The van der Waals surface area contributed by atoms with Gasteiger partial charge in [-0.3, -0.25) is 4.68 Å². The highest BCUT2D eigenvalue weighted by Gasteiger charge is 2.22. The average Bonchev–Trinajstić information content (AvgIpc) is 2.78. The fourth-order valence-electron chi connectivity index (χ4n) is 2.38. The van der Waals surface area contributed by atoms with E-state index in [9.17, 15) is 0 Å². The van der Waals surface area contributed by atoms with Crippen molar-refractivity contribution >= 4 is 0 Å². The molecule has 84 valence electrons. The van der Waals surface area contributed by atoms with Crippen LogP contribution >= 0.6 is 0 Å². The molecule has 0 amide bonds. The summed E-state index contributed by atoms with van der Waals surface area (Å²) >= 11 is 0. The van der Waals surface area contributed by atoms with Gasteiger partial charge < -0.3 is 5.32 Å². The first-order chi connectivity index (χ1) is 7.27. The van der Waals surface area contributed by atoms with Crippen LogP contribution in [0.4, 0.5) is 0 Å². The lowest BCUT2D eigenvalue weighted by Crippen LogP contribution is -2.25. The van der Waals surface area contributed by atoms with Gasteiger partial charge in [0, 0.05) is 7.05 Å². The summed E-state index contributed by atoms with van der Waals surface area (Å²) in [5, 5.41) is 7.53. The number of hydrogen-bond acceptors (Lipinski definition) is 3. The van der Waals surface area contributed by atoms with E-state index in [2.05, 4.69) is 22.3 Å². The fourth-order valence-corrected chi connectivity index (χ4v) is 2.38. The number of aryl methyl sites for hydroxylation is 1. The molecule has 1 heterocycles. The van der Waals surface area contributed by atoms with Crippen LogP contribution in [0.25, 0.3) is 0 Å². The molecule has 4 heteroatoms. The van der Waals surface area contributed by atoms with Crippen molar-refractivity contribution < 1.29 is 0 Å². The highest BCUT2D eigenvalue weighted by Crippen LogP contribution is 2.30. The summed E-state index contributed by atoms with van der Waals surface area (Å²) < 4.78 is 1.82. The molecule has 1 aromatic rings. The van der Waals surface area contributed by atoms with E-state index in [0.29, 0.717) is 0 Å². The summed E-state index contributed by atoms with van der Waals surface area (Å²) in [7, 11) is 1.93. The smallest absolute Gasteiger partial charge is 0.140 e. The topological polar surface area (TPSA) is 42.7 Å². The van der Waals surface area contributed by atoms with Crippen molar-refractivity contribution in [3.8, 4) is 0 Å². The molecule has 15 heavy (non-hydrogen) atoms. The maximum absolute atomic E-state index is 4.19. The minimum Gasteiger partial charge on any atom is -0.310 e. The van der Waals surface area contributed by atoms with Crippen molar-refractivity contribution in [2.45, 2.75) is 32.7 Å².